The van der Waals surface area contributed by atoms with Gasteiger partial charge in [-0.2, -0.15) is 0 Å². The van der Waals surface area contributed by atoms with Gasteiger partial charge in [-0.3, -0.25) is 0 Å². The van der Waals surface area contributed by atoms with E-state index >= 15 is 0 Å². The lowest BCUT2D eigenvalue weighted by molar-refractivity contribution is -0.0512. The summed E-state index contributed by atoms with van der Waals surface area (Å²) in [7, 11) is 0. The Morgan fingerprint density at radius 2 is 2.15 bits per heavy atom. The second-order valence-corrected chi connectivity index (χ2v) is 3.14. The van der Waals surface area contributed by atoms with E-state index in [0.29, 0.717) is 18.3 Å². The zero-order chi connectivity index (χ0) is 9.10. The van der Waals surface area contributed by atoms with Crippen molar-refractivity contribution >= 4 is 0 Å². The largest absolute Gasteiger partial charge is 0.490 e. The molecule has 3 heteroatoms. The molecule has 13 heavy (non-hydrogen) atoms. The molecule has 1 heterocycles. The van der Waals surface area contributed by atoms with Crippen LogP contribution in [0.4, 0.5) is 4.39 Å². The van der Waals surface area contributed by atoms with E-state index in [1.165, 1.54) is 6.07 Å². The molecular weight excluding hydrogens is 171 g/mol. The van der Waals surface area contributed by atoms with Crippen LogP contribution in [0, 0.1) is 11.7 Å². The Kier molecular flexibility index (Phi) is 2.45. The molecule has 0 aromatic heterocycles. The van der Waals surface area contributed by atoms with Crippen LogP contribution in [0.2, 0.25) is 0 Å². The molecule has 0 aliphatic carbocycles. The molecule has 0 atom stereocenters. The Hall–Kier alpha value is -1.09. The first kappa shape index (κ1) is 8.51. The van der Waals surface area contributed by atoms with Crippen LogP contribution in [-0.2, 0) is 4.74 Å². The van der Waals surface area contributed by atoms with Crippen molar-refractivity contribution in [2.24, 2.45) is 5.92 Å². The fraction of sp³-hybridized carbons (Fsp3) is 0.400. The van der Waals surface area contributed by atoms with Crippen molar-refractivity contribution in [1.82, 2.24) is 0 Å². The molecule has 0 N–H and O–H groups in total. The van der Waals surface area contributed by atoms with Crippen molar-refractivity contribution in [3.05, 3.63) is 30.1 Å². The first-order valence-electron chi connectivity index (χ1n) is 4.31. The van der Waals surface area contributed by atoms with Crippen molar-refractivity contribution in [3.8, 4) is 5.75 Å². The van der Waals surface area contributed by atoms with Crippen molar-refractivity contribution in [1.29, 1.82) is 0 Å². The van der Waals surface area contributed by atoms with Gasteiger partial charge >= 0.3 is 0 Å². The summed E-state index contributed by atoms with van der Waals surface area (Å²) in [6.45, 7) is 2.00. The van der Waals surface area contributed by atoms with Crippen molar-refractivity contribution in [3.63, 3.8) is 0 Å². The predicted octanol–water partition coefficient (Wildman–Crippen LogP) is 1.85. The number of halogens is 1. The predicted molar refractivity (Wildman–Crippen MR) is 46.2 cm³/mol. The Morgan fingerprint density at radius 1 is 1.38 bits per heavy atom. The topological polar surface area (TPSA) is 18.5 Å². The van der Waals surface area contributed by atoms with Crippen LogP contribution >= 0.6 is 0 Å². The van der Waals surface area contributed by atoms with Gasteiger partial charge in [0, 0.05) is 5.92 Å². The first-order chi connectivity index (χ1) is 6.36. The van der Waals surface area contributed by atoms with Gasteiger partial charge in [0.05, 0.1) is 19.8 Å². The Bertz CT molecular complexity index is 284. The maximum atomic E-state index is 13.0. The minimum atomic E-state index is -0.303. The van der Waals surface area contributed by atoms with E-state index in [4.69, 9.17) is 9.47 Å². The van der Waals surface area contributed by atoms with Gasteiger partial charge in [-0.05, 0) is 12.1 Å². The normalized spacial score (nSPS) is 16.7. The van der Waals surface area contributed by atoms with Crippen molar-refractivity contribution in [2.45, 2.75) is 0 Å². The average Bonchev–Trinajstić information content (AvgIpc) is 2.05. The highest BCUT2D eigenvalue weighted by atomic mass is 19.1. The fourth-order valence-corrected chi connectivity index (χ4v) is 1.15. The second kappa shape index (κ2) is 3.75. The molecule has 1 aliphatic heterocycles. The van der Waals surface area contributed by atoms with Gasteiger partial charge in [0.1, 0.15) is 0 Å². The lowest BCUT2D eigenvalue weighted by Gasteiger charge is -2.25. The summed E-state index contributed by atoms with van der Waals surface area (Å²) in [6.07, 6.45) is 0. The van der Waals surface area contributed by atoms with Crippen LogP contribution < -0.4 is 4.74 Å². The van der Waals surface area contributed by atoms with Crippen LogP contribution in [-0.4, -0.2) is 19.8 Å². The summed E-state index contributed by atoms with van der Waals surface area (Å²) >= 11 is 0. The third-order valence-corrected chi connectivity index (χ3v) is 2.02. The lowest BCUT2D eigenvalue weighted by Crippen LogP contribution is -2.32. The quantitative estimate of drug-likeness (QED) is 0.710. The number of hydrogen-bond acceptors (Lipinski definition) is 2. The van der Waals surface area contributed by atoms with Gasteiger partial charge < -0.3 is 9.47 Å². The zero-order valence-corrected chi connectivity index (χ0v) is 7.20. The molecule has 0 bridgehead atoms. The van der Waals surface area contributed by atoms with E-state index in [0.717, 1.165) is 13.2 Å². The Labute approximate surface area is 76.3 Å². The zero-order valence-electron chi connectivity index (χ0n) is 7.20. The molecule has 70 valence electrons. The minimum Gasteiger partial charge on any atom is -0.490 e. The van der Waals surface area contributed by atoms with Crippen LogP contribution in [0.3, 0.4) is 0 Å². The van der Waals surface area contributed by atoms with Gasteiger partial charge in [-0.25, -0.2) is 4.39 Å². The summed E-state index contributed by atoms with van der Waals surface area (Å²) in [5, 5.41) is 0. The first-order valence-corrected chi connectivity index (χ1v) is 4.31. The van der Waals surface area contributed by atoms with Crippen LogP contribution in [0.5, 0.6) is 5.75 Å². The summed E-state index contributed by atoms with van der Waals surface area (Å²) in [6, 6.07) is 6.44. The Morgan fingerprint density at radius 3 is 2.77 bits per heavy atom. The molecule has 2 rings (SSSR count). The number of rotatable bonds is 3. The monoisotopic (exact) mass is 182 g/mol. The van der Waals surface area contributed by atoms with Gasteiger partial charge in [-0.1, -0.05) is 12.1 Å². The number of para-hydroxylation sites is 1. The van der Waals surface area contributed by atoms with Crippen molar-refractivity contribution in [2.75, 3.05) is 19.8 Å². The van der Waals surface area contributed by atoms with Gasteiger partial charge in [0.15, 0.2) is 11.6 Å². The maximum Gasteiger partial charge on any atom is 0.165 e. The standard InChI is InChI=1S/C10H11FO2/c11-9-3-1-2-4-10(9)13-7-8-5-12-6-8/h1-4,8H,5-7H2. The minimum absolute atomic E-state index is 0.303. The molecule has 1 aromatic carbocycles. The fourth-order valence-electron chi connectivity index (χ4n) is 1.15. The molecule has 2 nitrogen and oxygen atoms in total. The summed E-state index contributed by atoms with van der Waals surface area (Å²) in [5.74, 6) is 0.455. The summed E-state index contributed by atoms with van der Waals surface area (Å²) in [5.41, 5.74) is 0. The third kappa shape index (κ3) is 1.98. The smallest absolute Gasteiger partial charge is 0.165 e. The highest BCUT2D eigenvalue weighted by Gasteiger charge is 2.19. The average molecular weight is 182 g/mol. The van der Waals surface area contributed by atoms with Crippen LogP contribution in [0.1, 0.15) is 0 Å². The molecule has 0 unspecified atom stereocenters. The highest BCUT2D eigenvalue weighted by molar-refractivity contribution is 5.23. The molecule has 0 spiro atoms. The second-order valence-electron chi connectivity index (χ2n) is 3.14. The van der Waals surface area contributed by atoms with Gasteiger partial charge in [0.2, 0.25) is 0 Å². The third-order valence-electron chi connectivity index (χ3n) is 2.02. The Balaban J connectivity index is 1.89. The summed E-state index contributed by atoms with van der Waals surface area (Å²) < 4.78 is 23.3. The maximum absolute atomic E-state index is 13.0. The van der Waals surface area contributed by atoms with Crippen molar-refractivity contribution < 1.29 is 13.9 Å². The number of hydrogen-bond donors (Lipinski definition) is 0. The van der Waals surface area contributed by atoms with E-state index < -0.39 is 0 Å². The molecule has 1 saturated heterocycles. The molecule has 0 radical (unpaired) electrons. The molecular formula is C10H11FO2. The molecule has 0 amide bonds. The molecule has 0 saturated carbocycles. The summed E-state index contributed by atoms with van der Waals surface area (Å²) in [4.78, 5) is 0. The molecule has 1 fully saturated rings. The highest BCUT2D eigenvalue weighted by Crippen LogP contribution is 2.18. The van der Waals surface area contributed by atoms with Crippen LogP contribution in [0.25, 0.3) is 0 Å². The van der Waals surface area contributed by atoms with E-state index in [1.807, 2.05) is 0 Å². The lowest BCUT2D eigenvalue weighted by atomic mass is 10.1. The number of benzene rings is 1. The van der Waals surface area contributed by atoms with Crippen LogP contribution in [0.15, 0.2) is 24.3 Å². The van der Waals surface area contributed by atoms with E-state index in [9.17, 15) is 4.39 Å². The molecule has 1 aliphatic rings. The molecule has 1 aromatic rings. The van der Waals surface area contributed by atoms with Gasteiger partial charge in [-0.15, -0.1) is 0 Å². The van der Waals surface area contributed by atoms with E-state index in [2.05, 4.69) is 0 Å². The SMILES string of the molecule is Fc1ccccc1OCC1COC1. The van der Waals surface area contributed by atoms with Gasteiger partial charge in [0.25, 0.3) is 0 Å². The number of ether oxygens (including phenoxy) is 2. The van der Waals surface area contributed by atoms with E-state index in [-0.39, 0.29) is 5.82 Å². The van der Waals surface area contributed by atoms with E-state index in [1.54, 1.807) is 18.2 Å².